The van der Waals surface area contributed by atoms with E-state index < -0.39 is 30.1 Å². The van der Waals surface area contributed by atoms with E-state index in [1.165, 1.54) is 19.1 Å². The minimum atomic E-state index is -1.51. The fourth-order valence-electron chi connectivity index (χ4n) is 4.17. The number of carboxylic acid groups (broad SMARTS) is 1. The topological polar surface area (TPSA) is 125 Å². The zero-order valence-electron chi connectivity index (χ0n) is 18.7. The Morgan fingerprint density at radius 2 is 1.60 bits per heavy atom. The van der Waals surface area contributed by atoms with Crippen molar-refractivity contribution in [1.29, 1.82) is 0 Å². The molecule has 0 bridgehead atoms. The van der Waals surface area contributed by atoms with E-state index in [2.05, 4.69) is 26.6 Å². The largest absolute Gasteiger partial charge is 0.480 e. The van der Waals surface area contributed by atoms with Crippen LogP contribution in [0.5, 0.6) is 0 Å². The molecule has 0 aliphatic heterocycles. The lowest BCUT2D eigenvalue weighted by molar-refractivity contribution is -0.141. The van der Waals surface area contributed by atoms with Crippen molar-refractivity contribution in [2.45, 2.75) is 25.0 Å². The quantitative estimate of drug-likeness (QED) is 0.354. The Kier molecular flexibility index (Phi) is 7.18. The summed E-state index contributed by atoms with van der Waals surface area (Å²) >= 11 is 3.30. The van der Waals surface area contributed by atoms with Crippen LogP contribution in [0.2, 0.25) is 0 Å². The van der Waals surface area contributed by atoms with Crippen LogP contribution >= 0.6 is 15.9 Å². The van der Waals surface area contributed by atoms with Gasteiger partial charge in [-0.2, -0.15) is 0 Å². The van der Waals surface area contributed by atoms with Gasteiger partial charge in [-0.3, -0.25) is 10.1 Å². The van der Waals surface area contributed by atoms with Gasteiger partial charge in [-0.15, -0.1) is 0 Å². The first kappa shape index (κ1) is 24.4. The lowest BCUT2D eigenvalue weighted by atomic mass is 9.98. The second-order valence-corrected chi connectivity index (χ2v) is 9.09. The van der Waals surface area contributed by atoms with Crippen LogP contribution < -0.4 is 10.6 Å². The summed E-state index contributed by atoms with van der Waals surface area (Å²) in [5.41, 5.74) is 4.50. The number of ether oxygens (including phenoxy) is 1. The number of carboxylic acids is 1. The standard InChI is InChI=1S/C26H23BrN2O6/c1-14(30)23(25(32)33)29-24(31)20-11-10-15(27)12-22(20)28-26(34)35-13-21-18-8-4-2-6-16(18)17-7-3-5-9-19(17)21/h2-12,14,21,23,30H,13H2,1H3,(H,28,34)(H,29,31)(H,32,33). The predicted octanol–water partition coefficient (Wildman–Crippen LogP) is 4.37. The number of benzene rings is 3. The van der Waals surface area contributed by atoms with Gasteiger partial charge in [0.2, 0.25) is 0 Å². The zero-order chi connectivity index (χ0) is 25.1. The van der Waals surface area contributed by atoms with Crippen molar-refractivity contribution in [3.63, 3.8) is 0 Å². The molecule has 8 nitrogen and oxygen atoms in total. The minimum Gasteiger partial charge on any atom is -0.480 e. The molecule has 180 valence electrons. The molecular formula is C26H23BrN2O6. The van der Waals surface area contributed by atoms with Gasteiger partial charge in [0.05, 0.1) is 17.4 Å². The number of aliphatic hydroxyl groups is 1. The Balaban J connectivity index is 1.49. The monoisotopic (exact) mass is 538 g/mol. The SMILES string of the molecule is CC(O)C(NC(=O)c1ccc(Br)cc1NC(=O)OCC1c2ccccc2-c2ccccc21)C(=O)O. The fraction of sp³-hybridized carbons (Fsp3) is 0.192. The summed E-state index contributed by atoms with van der Waals surface area (Å²) in [4.78, 5) is 36.8. The minimum absolute atomic E-state index is 0.0219. The molecular weight excluding hydrogens is 516 g/mol. The molecule has 1 aliphatic rings. The van der Waals surface area contributed by atoms with E-state index in [9.17, 15) is 24.6 Å². The van der Waals surface area contributed by atoms with Crippen molar-refractivity contribution in [1.82, 2.24) is 5.32 Å². The molecule has 0 saturated carbocycles. The van der Waals surface area contributed by atoms with Gasteiger partial charge in [0.25, 0.3) is 5.91 Å². The van der Waals surface area contributed by atoms with Crippen molar-refractivity contribution in [3.8, 4) is 11.1 Å². The normalized spacial score (nSPS) is 13.8. The predicted molar refractivity (Wildman–Crippen MR) is 133 cm³/mol. The Labute approximate surface area is 210 Å². The fourth-order valence-corrected chi connectivity index (χ4v) is 4.53. The molecule has 3 aromatic rings. The maximum absolute atomic E-state index is 12.7. The number of carbonyl (C=O) groups is 3. The average molecular weight is 539 g/mol. The summed E-state index contributed by atoms with van der Waals surface area (Å²) in [5.74, 6) is -2.27. The number of anilines is 1. The molecule has 2 amide bonds. The third kappa shape index (κ3) is 5.21. The summed E-state index contributed by atoms with van der Waals surface area (Å²) < 4.78 is 6.14. The van der Waals surface area contributed by atoms with E-state index in [0.29, 0.717) is 4.47 Å². The number of hydrogen-bond donors (Lipinski definition) is 4. The van der Waals surface area contributed by atoms with Crippen molar-refractivity contribution in [3.05, 3.63) is 87.9 Å². The van der Waals surface area contributed by atoms with E-state index in [4.69, 9.17) is 4.74 Å². The molecule has 0 radical (unpaired) electrons. The van der Waals surface area contributed by atoms with Crippen LogP contribution in [-0.2, 0) is 9.53 Å². The molecule has 2 atom stereocenters. The summed E-state index contributed by atoms with van der Waals surface area (Å²) in [7, 11) is 0. The van der Waals surface area contributed by atoms with Gasteiger partial charge in [-0.1, -0.05) is 64.5 Å². The van der Waals surface area contributed by atoms with Crippen molar-refractivity contribution in [2.24, 2.45) is 0 Å². The Bertz CT molecular complexity index is 1250. The number of rotatable bonds is 7. The number of amides is 2. The van der Waals surface area contributed by atoms with E-state index >= 15 is 0 Å². The number of nitrogens with one attached hydrogen (secondary N) is 2. The lowest BCUT2D eigenvalue weighted by Crippen LogP contribution is -2.47. The third-order valence-corrected chi connectivity index (χ3v) is 6.33. The maximum atomic E-state index is 12.7. The van der Waals surface area contributed by atoms with Gasteiger partial charge in [-0.05, 0) is 47.4 Å². The summed E-state index contributed by atoms with van der Waals surface area (Å²) in [6.45, 7) is 1.36. The Hall–Kier alpha value is -3.69. The van der Waals surface area contributed by atoms with Gasteiger partial charge in [-0.25, -0.2) is 9.59 Å². The molecule has 0 aromatic heterocycles. The highest BCUT2D eigenvalue weighted by Crippen LogP contribution is 2.44. The van der Waals surface area contributed by atoms with Crippen LogP contribution in [0, 0.1) is 0 Å². The van der Waals surface area contributed by atoms with Crippen LogP contribution in [0.4, 0.5) is 10.5 Å². The van der Waals surface area contributed by atoms with Gasteiger partial charge in [0.15, 0.2) is 6.04 Å². The zero-order valence-corrected chi connectivity index (χ0v) is 20.3. The molecule has 0 heterocycles. The van der Waals surface area contributed by atoms with Crippen LogP contribution in [0.1, 0.15) is 34.3 Å². The molecule has 3 aromatic carbocycles. The molecule has 9 heteroatoms. The maximum Gasteiger partial charge on any atom is 0.411 e. The summed E-state index contributed by atoms with van der Waals surface area (Å²) in [6.07, 6.45) is -2.07. The number of halogens is 1. The van der Waals surface area contributed by atoms with Crippen LogP contribution in [-0.4, -0.2) is 46.9 Å². The highest BCUT2D eigenvalue weighted by molar-refractivity contribution is 9.10. The van der Waals surface area contributed by atoms with Gasteiger partial charge < -0.3 is 20.3 Å². The summed E-state index contributed by atoms with van der Waals surface area (Å²) in [6, 6.07) is 19.0. The molecule has 4 rings (SSSR count). The van der Waals surface area contributed by atoms with Crippen LogP contribution in [0.25, 0.3) is 11.1 Å². The molecule has 2 unspecified atom stereocenters. The summed E-state index contributed by atoms with van der Waals surface area (Å²) in [5, 5.41) is 23.7. The lowest BCUT2D eigenvalue weighted by Gasteiger charge is -2.19. The highest BCUT2D eigenvalue weighted by Gasteiger charge is 2.30. The van der Waals surface area contributed by atoms with Crippen molar-refractivity contribution in [2.75, 3.05) is 11.9 Å². The molecule has 35 heavy (non-hydrogen) atoms. The molecule has 1 aliphatic carbocycles. The number of aliphatic hydroxyl groups excluding tert-OH is 1. The molecule has 0 spiro atoms. The van der Waals surface area contributed by atoms with Gasteiger partial charge >= 0.3 is 12.1 Å². The van der Waals surface area contributed by atoms with E-state index in [-0.39, 0.29) is 23.8 Å². The molecule has 0 saturated heterocycles. The van der Waals surface area contributed by atoms with Gasteiger partial charge in [0, 0.05) is 10.4 Å². The van der Waals surface area contributed by atoms with E-state index in [1.807, 2.05) is 48.5 Å². The Morgan fingerprint density at radius 1 is 1.00 bits per heavy atom. The smallest absolute Gasteiger partial charge is 0.411 e. The van der Waals surface area contributed by atoms with Gasteiger partial charge in [0.1, 0.15) is 6.61 Å². The second-order valence-electron chi connectivity index (χ2n) is 8.17. The van der Waals surface area contributed by atoms with Crippen molar-refractivity contribution >= 4 is 39.6 Å². The van der Waals surface area contributed by atoms with E-state index in [1.54, 1.807) is 6.07 Å². The Morgan fingerprint density at radius 3 is 2.17 bits per heavy atom. The van der Waals surface area contributed by atoms with Crippen LogP contribution in [0.3, 0.4) is 0 Å². The first-order valence-corrected chi connectivity index (χ1v) is 11.7. The first-order chi connectivity index (χ1) is 16.8. The number of hydrogen-bond acceptors (Lipinski definition) is 5. The number of fused-ring (bicyclic) bond motifs is 3. The van der Waals surface area contributed by atoms with Crippen molar-refractivity contribution < 1.29 is 29.3 Å². The first-order valence-electron chi connectivity index (χ1n) is 10.9. The number of carbonyl (C=O) groups excluding carboxylic acids is 2. The highest BCUT2D eigenvalue weighted by atomic mass is 79.9. The third-order valence-electron chi connectivity index (χ3n) is 5.84. The average Bonchev–Trinajstić information content (AvgIpc) is 3.14. The molecule has 0 fully saturated rings. The van der Waals surface area contributed by atoms with E-state index in [0.717, 1.165) is 22.3 Å². The molecule has 4 N–H and O–H groups in total. The van der Waals surface area contributed by atoms with Crippen LogP contribution in [0.15, 0.2) is 71.2 Å². The number of aliphatic carboxylic acids is 1. The second kappa shape index (κ2) is 10.3.